The Morgan fingerprint density at radius 3 is 2.72 bits per heavy atom. The first kappa shape index (κ1) is 11.6. The van der Waals surface area contributed by atoms with E-state index in [1.165, 1.54) is 0 Å². The van der Waals surface area contributed by atoms with Gasteiger partial charge in [0.05, 0.1) is 5.69 Å². The molecular formula is C10H10N6O2. The molecule has 2 aromatic rings. The van der Waals surface area contributed by atoms with Crippen LogP contribution in [0.3, 0.4) is 0 Å². The van der Waals surface area contributed by atoms with Crippen LogP contribution in [0.5, 0.6) is 0 Å². The number of nitrogens with zero attached hydrogens (tertiary/aromatic N) is 3. The van der Waals surface area contributed by atoms with E-state index in [9.17, 15) is 10.1 Å². The van der Waals surface area contributed by atoms with E-state index in [0.29, 0.717) is 5.69 Å². The third-order valence-corrected chi connectivity index (χ3v) is 2.22. The molecule has 1 heterocycles. The van der Waals surface area contributed by atoms with Crippen molar-refractivity contribution >= 4 is 11.8 Å². The van der Waals surface area contributed by atoms with Crippen molar-refractivity contribution in [1.82, 2.24) is 15.2 Å². The lowest BCUT2D eigenvalue weighted by Gasteiger charge is -2.01. The van der Waals surface area contributed by atoms with Gasteiger partial charge in [-0.1, -0.05) is 35.8 Å². The summed E-state index contributed by atoms with van der Waals surface area (Å²) in [4.78, 5) is 10.2. The third-order valence-electron chi connectivity index (χ3n) is 2.22. The van der Waals surface area contributed by atoms with Crippen LogP contribution in [0, 0.1) is 15.5 Å². The Labute approximate surface area is 102 Å². The van der Waals surface area contributed by atoms with E-state index in [0.717, 1.165) is 10.2 Å². The third kappa shape index (κ3) is 2.26. The van der Waals surface area contributed by atoms with Gasteiger partial charge in [-0.2, -0.15) is 9.78 Å². The molecule has 0 amide bonds. The number of nitrogens with two attached hydrogens (primary N) is 1. The minimum Gasteiger partial charge on any atom is -0.383 e. The second-order valence-electron chi connectivity index (χ2n) is 3.45. The molecule has 4 N–H and O–H groups in total. The minimum atomic E-state index is -0.842. The Bertz CT molecular complexity index is 592. The summed E-state index contributed by atoms with van der Waals surface area (Å²) in [6, 6.07) is 10.7. The van der Waals surface area contributed by atoms with E-state index in [-0.39, 0.29) is 5.82 Å². The second kappa shape index (κ2) is 4.53. The number of hydrazine groups is 1. The number of anilines is 1. The standard InChI is InChI=1S/C10H10N6O2/c11-9-6-8(7-4-2-1-3-5-7)13-15(9)10(12)14-16(17)18/h1-6H,11H2,(H2,12,14). The van der Waals surface area contributed by atoms with Crippen LogP contribution in [0.2, 0.25) is 0 Å². The van der Waals surface area contributed by atoms with Crippen LogP contribution < -0.4 is 11.2 Å². The van der Waals surface area contributed by atoms with Crippen molar-refractivity contribution in [3.05, 3.63) is 46.5 Å². The summed E-state index contributed by atoms with van der Waals surface area (Å²) in [5.74, 6) is -0.368. The van der Waals surface area contributed by atoms with Crippen LogP contribution in [0.4, 0.5) is 5.82 Å². The van der Waals surface area contributed by atoms with Gasteiger partial charge in [0.25, 0.3) is 5.96 Å². The zero-order valence-corrected chi connectivity index (χ0v) is 9.20. The van der Waals surface area contributed by atoms with E-state index in [4.69, 9.17) is 11.1 Å². The Balaban J connectivity index is 2.33. The largest absolute Gasteiger partial charge is 0.383 e. The fraction of sp³-hybridized carbons (Fsp3) is 0. The second-order valence-corrected chi connectivity index (χ2v) is 3.45. The summed E-state index contributed by atoms with van der Waals surface area (Å²) in [7, 11) is 0. The Hall–Kier alpha value is -2.90. The summed E-state index contributed by atoms with van der Waals surface area (Å²) >= 11 is 0. The molecule has 0 atom stereocenters. The van der Waals surface area contributed by atoms with E-state index < -0.39 is 11.0 Å². The first-order chi connectivity index (χ1) is 8.58. The normalized spacial score (nSPS) is 10.0. The van der Waals surface area contributed by atoms with Gasteiger partial charge in [-0.15, -0.1) is 0 Å². The van der Waals surface area contributed by atoms with Gasteiger partial charge in [-0.25, -0.2) is 10.1 Å². The molecular weight excluding hydrogens is 236 g/mol. The quantitative estimate of drug-likeness (QED) is 0.311. The first-order valence-electron chi connectivity index (χ1n) is 4.99. The Morgan fingerprint density at radius 1 is 1.44 bits per heavy atom. The van der Waals surface area contributed by atoms with Crippen LogP contribution in [0.1, 0.15) is 0 Å². The zero-order chi connectivity index (χ0) is 13.1. The molecule has 8 nitrogen and oxygen atoms in total. The molecule has 0 aliphatic carbocycles. The summed E-state index contributed by atoms with van der Waals surface area (Å²) in [6.07, 6.45) is 0. The van der Waals surface area contributed by atoms with Crippen molar-refractivity contribution in [1.29, 1.82) is 5.41 Å². The SMILES string of the molecule is N=C(N[N+](=O)[O-])n1nc(-c2ccccc2)cc1N. The smallest absolute Gasteiger partial charge is 0.280 e. The van der Waals surface area contributed by atoms with Crippen LogP contribution in [-0.2, 0) is 0 Å². The maximum Gasteiger partial charge on any atom is 0.280 e. The van der Waals surface area contributed by atoms with Gasteiger partial charge in [0, 0.05) is 11.6 Å². The van der Waals surface area contributed by atoms with Gasteiger partial charge < -0.3 is 5.73 Å². The molecule has 0 saturated carbocycles. The molecule has 0 aliphatic heterocycles. The fourth-order valence-corrected chi connectivity index (χ4v) is 1.46. The zero-order valence-electron chi connectivity index (χ0n) is 9.20. The summed E-state index contributed by atoms with van der Waals surface area (Å²) in [6.45, 7) is 0. The summed E-state index contributed by atoms with van der Waals surface area (Å²) < 4.78 is 0.963. The van der Waals surface area contributed by atoms with E-state index in [1.54, 1.807) is 11.5 Å². The molecule has 18 heavy (non-hydrogen) atoms. The van der Waals surface area contributed by atoms with Crippen molar-refractivity contribution in [2.24, 2.45) is 0 Å². The highest BCUT2D eigenvalue weighted by Gasteiger charge is 2.13. The highest BCUT2D eigenvalue weighted by atomic mass is 16.7. The van der Waals surface area contributed by atoms with Crippen molar-refractivity contribution in [2.45, 2.75) is 0 Å². The predicted octanol–water partition coefficient (Wildman–Crippen LogP) is 0.696. The molecule has 0 saturated heterocycles. The number of aromatic nitrogens is 2. The van der Waals surface area contributed by atoms with E-state index >= 15 is 0 Å². The lowest BCUT2D eigenvalue weighted by Crippen LogP contribution is -2.35. The predicted molar refractivity (Wildman–Crippen MR) is 65.3 cm³/mol. The van der Waals surface area contributed by atoms with E-state index in [1.807, 2.05) is 30.3 Å². The molecule has 0 fully saturated rings. The highest BCUT2D eigenvalue weighted by molar-refractivity contribution is 5.81. The molecule has 1 aromatic carbocycles. The number of nitrogens with one attached hydrogen (secondary N) is 2. The van der Waals surface area contributed by atoms with E-state index in [2.05, 4.69) is 5.10 Å². The summed E-state index contributed by atoms with van der Waals surface area (Å²) in [5.41, 5.74) is 8.70. The van der Waals surface area contributed by atoms with Crippen molar-refractivity contribution in [3.8, 4) is 11.3 Å². The molecule has 0 radical (unpaired) electrons. The van der Waals surface area contributed by atoms with Crippen molar-refractivity contribution in [2.75, 3.05) is 5.73 Å². The monoisotopic (exact) mass is 246 g/mol. The molecule has 0 bridgehead atoms. The molecule has 1 aromatic heterocycles. The van der Waals surface area contributed by atoms with Gasteiger partial charge in [0.15, 0.2) is 5.03 Å². The van der Waals surface area contributed by atoms with Gasteiger partial charge in [0.1, 0.15) is 5.82 Å². The molecule has 92 valence electrons. The van der Waals surface area contributed by atoms with Gasteiger partial charge >= 0.3 is 0 Å². The minimum absolute atomic E-state index is 0.146. The molecule has 0 aliphatic rings. The van der Waals surface area contributed by atoms with Crippen LogP contribution in [0.15, 0.2) is 36.4 Å². The molecule has 0 spiro atoms. The lowest BCUT2D eigenvalue weighted by atomic mass is 10.2. The van der Waals surface area contributed by atoms with Crippen molar-refractivity contribution in [3.63, 3.8) is 0 Å². The summed E-state index contributed by atoms with van der Waals surface area (Å²) in [5, 5.41) is 20.9. The van der Waals surface area contributed by atoms with Gasteiger partial charge in [-0.05, 0) is 0 Å². The number of hydrogen-bond donors (Lipinski definition) is 3. The lowest BCUT2D eigenvalue weighted by molar-refractivity contribution is -0.525. The molecule has 8 heteroatoms. The average Bonchev–Trinajstić information content (AvgIpc) is 2.72. The molecule has 2 rings (SSSR count). The Kier molecular flexibility index (Phi) is 2.92. The molecule has 0 unspecified atom stereocenters. The maximum atomic E-state index is 10.2. The fourth-order valence-electron chi connectivity index (χ4n) is 1.46. The van der Waals surface area contributed by atoms with Crippen LogP contribution in [-0.4, -0.2) is 20.8 Å². The number of rotatable bonds is 2. The first-order valence-corrected chi connectivity index (χ1v) is 4.99. The Morgan fingerprint density at radius 2 is 2.11 bits per heavy atom. The van der Waals surface area contributed by atoms with Gasteiger partial charge in [-0.3, -0.25) is 5.41 Å². The van der Waals surface area contributed by atoms with Crippen LogP contribution in [0.25, 0.3) is 11.3 Å². The number of nitrogen functional groups attached to an aromatic ring is 1. The van der Waals surface area contributed by atoms with Crippen LogP contribution >= 0.6 is 0 Å². The maximum absolute atomic E-state index is 10.2. The topological polar surface area (TPSA) is 123 Å². The van der Waals surface area contributed by atoms with Crippen molar-refractivity contribution < 1.29 is 5.03 Å². The highest BCUT2D eigenvalue weighted by Crippen LogP contribution is 2.19. The number of benzene rings is 1. The average molecular weight is 246 g/mol. The number of nitro groups is 1. The number of hydrogen-bond acceptors (Lipinski definition) is 5. The van der Waals surface area contributed by atoms with Gasteiger partial charge in [0.2, 0.25) is 0 Å².